The summed E-state index contributed by atoms with van der Waals surface area (Å²) in [5, 5.41) is 31.9. The van der Waals surface area contributed by atoms with Gasteiger partial charge in [-0.2, -0.15) is 0 Å². The molecule has 14 heteroatoms. The Morgan fingerprint density at radius 3 is 2.43 bits per heavy atom. The van der Waals surface area contributed by atoms with Gasteiger partial charge >= 0.3 is 0 Å². The maximum atomic E-state index is 17.4. The smallest absolute Gasteiger partial charge is 0.255 e. The van der Waals surface area contributed by atoms with Crippen LogP contribution in [-0.4, -0.2) is 93.6 Å². The van der Waals surface area contributed by atoms with E-state index in [9.17, 15) is 39.0 Å². The number of ether oxygens (including phenoxy) is 1. The van der Waals surface area contributed by atoms with Gasteiger partial charge in [0, 0.05) is 59.7 Å². The number of allylic oxidation sites excluding steroid dienone is 4. The van der Waals surface area contributed by atoms with Gasteiger partial charge < -0.3 is 30.5 Å². The van der Waals surface area contributed by atoms with Gasteiger partial charge in [0.2, 0.25) is 17.7 Å². The van der Waals surface area contributed by atoms with Crippen LogP contribution in [-0.2, 0) is 35.3 Å². The van der Waals surface area contributed by atoms with E-state index < -0.39 is 57.9 Å². The second-order valence-corrected chi connectivity index (χ2v) is 18.6. The van der Waals surface area contributed by atoms with Crippen molar-refractivity contribution in [3.05, 3.63) is 53.1 Å². The molecule has 0 bridgehead atoms. The molecule has 1 aromatic carbocycles. The van der Waals surface area contributed by atoms with Gasteiger partial charge in [-0.25, -0.2) is 4.39 Å². The van der Waals surface area contributed by atoms with Crippen LogP contribution < -0.4 is 16.0 Å². The van der Waals surface area contributed by atoms with E-state index in [0.717, 1.165) is 51.4 Å². The number of ketones is 1. The zero-order valence-electron chi connectivity index (χ0n) is 35.2. The number of hydrogen-bond donors (Lipinski definition) is 5. The van der Waals surface area contributed by atoms with Crippen LogP contribution in [0.15, 0.2) is 42.0 Å². The molecule has 0 spiro atoms. The lowest BCUT2D eigenvalue weighted by Gasteiger charge is -2.62. The summed E-state index contributed by atoms with van der Waals surface area (Å²) in [6, 6.07) is 4.34. The Morgan fingerprint density at radius 1 is 0.983 bits per heavy atom. The molecule has 60 heavy (non-hydrogen) atoms. The summed E-state index contributed by atoms with van der Waals surface area (Å²) in [5.41, 5.74) is -3.60. The fraction of sp³-hybridized carbons (Fsp3) is 0.652. The Bertz CT molecular complexity index is 1970. The lowest BCUT2D eigenvalue weighted by atomic mass is 9.44. The summed E-state index contributed by atoms with van der Waals surface area (Å²) >= 11 is 0. The Kier molecular flexibility index (Phi) is 12.6. The number of carbonyl (C=O) groups is 6. The van der Waals surface area contributed by atoms with Crippen LogP contribution in [0.3, 0.4) is 0 Å². The average Bonchev–Trinajstić information content (AvgIpc) is 3.64. The van der Waals surface area contributed by atoms with E-state index >= 15 is 4.39 Å². The molecule has 4 fully saturated rings. The maximum Gasteiger partial charge on any atom is 0.255 e. The number of aliphatic hydroxyl groups excluding tert-OH is 1. The fourth-order valence-corrected chi connectivity index (χ4v) is 11.8. The van der Waals surface area contributed by atoms with Gasteiger partial charge in [-0.3, -0.25) is 34.1 Å². The average molecular weight is 833 g/mol. The first kappa shape index (κ1) is 43.8. The van der Waals surface area contributed by atoms with Gasteiger partial charge in [0.15, 0.2) is 17.1 Å². The van der Waals surface area contributed by atoms with E-state index in [-0.39, 0.29) is 61.8 Å². The lowest BCUT2D eigenvalue weighted by Crippen LogP contribution is -2.70. The van der Waals surface area contributed by atoms with E-state index in [2.05, 4.69) is 16.0 Å². The number of halogens is 1. The minimum Gasteiger partial charge on any atom is -0.390 e. The van der Waals surface area contributed by atoms with E-state index in [1.165, 1.54) is 17.1 Å². The molecule has 13 nitrogen and oxygen atoms in total. The Hall–Kier alpha value is -4.27. The van der Waals surface area contributed by atoms with Gasteiger partial charge in [0.1, 0.15) is 12.6 Å². The molecule has 2 aliphatic heterocycles. The summed E-state index contributed by atoms with van der Waals surface area (Å²) in [4.78, 5) is 77.0. The third-order valence-electron chi connectivity index (χ3n) is 15.2. The topological polar surface area (TPSA) is 191 Å². The van der Waals surface area contributed by atoms with Gasteiger partial charge in [-0.1, -0.05) is 70.1 Å². The zero-order valence-corrected chi connectivity index (χ0v) is 35.2. The monoisotopic (exact) mass is 832 g/mol. The highest BCUT2D eigenvalue weighted by Gasteiger charge is 2.75. The van der Waals surface area contributed by atoms with Gasteiger partial charge in [-0.05, 0) is 88.0 Å². The number of unbranched alkanes of at least 4 members (excludes halogenated alkanes) is 7. The highest BCUT2D eigenvalue weighted by atomic mass is 19.1. The van der Waals surface area contributed by atoms with Crippen LogP contribution in [0.2, 0.25) is 0 Å². The summed E-state index contributed by atoms with van der Waals surface area (Å²) in [7, 11) is 0. The summed E-state index contributed by atoms with van der Waals surface area (Å²) in [5.74, 6) is -3.36. The Morgan fingerprint density at radius 2 is 1.70 bits per heavy atom. The van der Waals surface area contributed by atoms with Crippen molar-refractivity contribution in [2.24, 2.45) is 28.6 Å². The number of rotatable bonds is 16. The van der Waals surface area contributed by atoms with Crippen LogP contribution in [0.25, 0.3) is 0 Å². The molecule has 326 valence electrons. The highest BCUT2D eigenvalue weighted by Crippen LogP contribution is 2.70. The van der Waals surface area contributed by atoms with Crippen molar-refractivity contribution in [1.82, 2.24) is 15.5 Å². The maximum absolute atomic E-state index is 17.4. The van der Waals surface area contributed by atoms with Gasteiger partial charge in [0.25, 0.3) is 11.8 Å². The van der Waals surface area contributed by atoms with Crippen LogP contribution in [0, 0.1) is 28.6 Å². The van der Waals surface area contributed by atoms with Crippen molar-refractivity contribution in [3.63, 3.8) is 0 Å². The minimum atomic E-state index is -2.00. The molecular formula is C46H61FN4O9. The largest absolute Gasteiger partial charge is 0.390 e. The normalized spacial score (nSPS) is 34.3. The Balaban J connectivity index is 0.762. The van der Waals surface area contributed by atoms with E-state index in [1.54, 1.807) is 31.2 Å². The van der Waals surface area contributed by atoms with Crippen LogP contribution in [0.4, 0.5) is 10.1 Å². The van der Waals surface area contributed by atoms with Crippen molar-refractivity contribution in [2.45, 2.75) is 141 Å². The molecule has 5 N–H and O–H groups in total. The molecule has 9 atom stereocenters. The molecule has 5 amide bonds. The molecule has 7 rings (SSSR count). The summed E-state index contributed by atoms with van der Waals surface area (Å²) < 4.78 is 23.0. The van der Waals surface area contributed by atoms with Crippen molar-refractivity contribution in [3.8, 4) is 0 Å². The van der Waals surface area contributed by atoms with Crippen molar-refractivity contribution in [2.75, 3.05) is 25.1 Å². The number of hydrogen-bond acceptors (Lipinski definition) is 9. The second-order valence-electron chi connectivity index (χ2n) is 18.6. The molecule has 0 radical (unpaired) electrons. The molecule has 4 aliphatic carbocycles. The van der Waals surface area contributed by atoms with E-state index in [0.29, 0.717) is 54.8 Å². The third kappa shape index (κ3) is 7.54. The SMILES string of the molecule is C[C@@H]1C[C@H]2[C@@H]3CCC4=CC(=O)C=C[C@]4(C)[C@@]3(F)[C@@H](O)C[C@]2(C)[C@@]1(O)C(=O)NCCCCCCCCCCOCC(=O)Nc1cccc2c1CN(C1CCC(=O)NC1=O)C2=O. The van der Waals surface area contributed by atoms with Gasteiger partial charge in [-0.15, -0.1) is 0 Å². The number of alkyl halides is 1. The number of imide groups is 1. The zero-order chi connectivity index (χ0) is 43.0. The predicted molar refractivity (Wildman–Crippen MR) is 220 cm³/mol. The number of amides is 5. The molecule has 1 unspecified atom stereocenters. The number of benzene rings is 1. The van der Waals surface area contributed by atoms with Gasteiger partial charge in [0.05, 0.1) is 6.10 Å². The molecule has 0 aromatic heterocycles. The predicted octanol–water partition coefficient (Wildman–Crippen LogP) is 4.99. The summed E-state index contributed by atoms with van der Waals surface area (Å²) in [6.07, 6.45) is 12.6. The molecule has 6 aliphatic rings. The third-order valence-corrected chi connectivity index (χ3v) is 15.2. The molecule has 1 saturated heterocycles. The molecule has 2 heterocycles. The Labute approximate surface area is 351 Å². The van der Waals surface area contributed by atoms with E-state index in [4.69, 9.17) is 4.74 Å². The number of aliphatic hydroxyl groups is 2. The van der Waals surface area contributed by atoms with Crippen molar-refractivity contribution in [1.29, 1.82) is 0 Å². The van der Waals surface area contributed by atoms with Crippen LogP contribution >= 0.6 is 0 Å². The standard InChI is InChI=1S/C46H61FN4O9/c1-28-23-34-33-16-15-29-24-30(52)19-20-43(29,2)45(33,47)37(53)25-44(34,3)46(28,59)42(58)48-21-10-8-6-4-5-7-9-11-22-60-27-39(55)49-35-14-12-13-31-32(35)26-51(41(31)57)36-17-18-38(54)50-40(36)56/h12-14,19-20,24,28,33-34,36-37,53,59H,4-11,15-18,21-23,25-27H2,1-3H3,(H,48,58)(H,49,55)(H,50,54,56)/t28-,33+,34+,36?,37+,43+,44+,45+,46+/m1/s1. The quantitative estimate of drug-likeness (QED) is 0.113. The number of nitrogens with zero attached hydrogens (tertiary/aromatic N) is 1. The van der Waals surface area contributed by atoms with E-state index in [1.807, 2.05) is 13.8 Å². The minimum absolute atomic E-state index is 0.0408. The first-order valence-electron chi connectivity index (χ1n) is 22.0. The highest BCUT2D eigenvalue weighted by molar-refractivity contribution is 6.07. The summed E-state index contributed by atoms with van der Waals surface area (Å²) in [6.45, 7) is 6.39. The second kappa shape index (κ2) is 17.2. The molecule has 1 aromatic rings. The van der Waals surface area contributed by atoms with Crippen LogP contribution in [0.1, 0.15) is 127 Å². The molecular weight excluding hydrogens is 772 g/mol. The van der Waals surface area contributed by atoms with Crippen LogP contribution in [0.5, 0.6) is 0 Å². The first-order chi connectivity index (χ1) is 28.6. The number of anilines is 1. The number of nitrogens with one attached hydrogen (secondary N) is 3. The fourth-order valence-electron chi connectivity index (χ4n) is 11.8. The number of carbonyl (C=O) groups excluding carboxylic acids is 6. The number of fused-ring (bicyclic) bond motifs is 6. The lowest BCUT2D eigenvalue weighted by molar-refractivity contribution is -0.219. The first-order valence-corrected chi connectivity index (χ1v) is 22.0. The molecule has 3 saturated carbocycles. The number of piperidine rings is 1. The van der Waals surface area contributed by atoms with Crippen molar-refractivity contribution < 1.29 is 48.1 Å². The van der Waals surface area contributed by atoms with Crippen molar-refractivity contribution >= 4 is 41.0 Å².